The number of benzene rings is 1. The first-order valence-electron chi connectivity index (χ1n) is 7.77. The molecule has 0 spiro atoms. The fourth-order valence-electron chi connectivity index (χ4n) is 3.07. The first-order valence-corrected chi connectivity index (χ1v) is 7.77. The van der Waals surface area contributed by atoms with Crippen molar-refractivity contribution in [3.63, 3.8) is 0 Å². The predicted octanol–water partition coefficient (Wildman–Crippen LogP) is 1.33. The molecule has 3 rings (SSSR count). The van der Waals surface area contributed by atoms with Crippen molar-refractivity contribution in [2.75, 3.05) is 13.1 Å². The molecule has 1 aromatic heterocycles. The van der Waals surface area contributed by atoms with Gasteiger partial charge in [0.1, 0.15) is 11.4 Å². The Balaban J connectivity index is 2.06. The highest BCUT2D eigenvalue weighted by Gasteiger charge is 2.28. The summed E-state index contributed by atoms with van der Waals surface area (Å²) in [6, 6.07) is 2.15. The van der Waals surface area contributed by atoms with Gasteiger partial charge in [-0.15, -0.1) is 0 Å². The number of nitrogens with one attached hydrogen (secondary N) is 2. The number of carbonyl (C=O) groups is 2. The number of hydrogen-bond acceptors (Lipinski definition) is 3. The van der Waals surface area contributed by atoms with E-state index < -0.39 is 17.2 Å². The summed E-state index contributed by atoms with van der Waals surface area (Å²) in [6.07, 6.45) is 1.55. The second kappa shape index (κ2) is 6.07. The van der Waals surface area contributed by atoms with Crippen LogP contribution >= 0.6 is 0 Å². The molecular formula is C17H18FN3O3. The molecular weight excluding hydrogens is 313 g/mol. The van der Waals surface area contributed by atoms with Gasteiger partial charge in [0.2, 0.25) is 11.3 Å². The van der Waals surface area contributed by atoms with Crippen LogP contribution in [0.1, 0.15) is 29.3 Å². The summed E-state index contributed by atoms with van der Waals surface area (Å²) < 4.78 is 13.6. The zero-order chi connectivity index (χ0) is 17.4. The van der Waals surface area contributed by atoms with E-state index in [4.69, 9.17) is 0 Å². The first-order chi connectivity index (χ1) is 11.4. The van der Waals surface area contributed by atoms with Crippen molar-refractivity contribution < 1.29 is 14.0 Å². The van der Waals surface area contributed by atoms with Crippen LogP contribution in [0.4, 0.5) is 4.39 Å². The summed E-state index contributed by atoms with van der Waals surface area (Å²) in [5.74, 6) is -1.10. The van der Waals surface area contributed by atoms with E-state index in [9.17, 15) is 18.8 Å². The summed E-state index contributed by atoms with van der Waals surface area (Å²) in [4.78, 5) is 41.4. The molecule has 0 saturated carbocycles. The number of aromatic amines is 1. The van der Waals surface area contributed by atoms with Crippen molar-refractivity contribution in [3.8, 4) is 0 Å². The van der Waals surface area contributed by atoms with Crippen LogP contribution in [-0.2, 0) is 4.79 Å². The third-order valence-corrected chi connectivity index (χ3v) is 4.33. The largest absolute Gasteiger partial charge is 0.360 e. The van der Waals surface area contributed by atoms with Crippen molar-refractivity contribution in [1.82, 2.24) is 15.2 Å². The Labute approximate surface area is 137 Å². The van der Waals surface area contributed by atoms with Crippen LogP contribution in [0.5, 0.6) is 0 Å². The molecule has 0 aliphatic carbocycles. The van der Waals surface area contributed by atoms with E-state index >= 15 is 0 Å². The van der Waals surface area contributed by atoms with Crippen molar-refractivity contribution in [2.24, 2.45) is 0 Å². The first kappa shape index (κ1) is 16.2. The second-order valence-electron chi connectivity index (χ2n) is 6.08. The number of amides is 2. The molecule has 1 aromatic carbocycles. The van der Waals surface area contributed by atoms with Gasteiger partial charge < -0.3 is 15.2 Å². The summed E-state index contributed by atoms with van der Waals surface area (Å²) >= 11 is 0. The van der Waals surface area contributed by atoms with Crippen LogP contribution in [0.2, 0.25) is 0 Å². The lowest BCUT2D eigenvalue weighted by molar-refractivity contribution is -0.121. The molecule has 2 aromatic rings. The number of nitrogens with zero attached hydrogens (tertiary/aromatic N) is 1. The molecule has 126 valence electrons. The average molecular weight is 331 g/mol. The van der Waals surface area contributed by atoms with Crippen molar-refractivity contribution in [1.29, 1.82) is 0 Å². The van der Waals surface area contributed by atoms with Crippen molar-refractivity contribution in [2.45, 2.75) is 26.3 Å². The number of fused-ring (bicyclic) bond motifs is 1. The number of pyridine rings is 1. The Morgan fingerprint density at radius 1 is 1.33 bits per heavy atom. The molecule has 2 N–H and O–H groups in total. The quantitative estimate of drug-likeness (QED) is 0.827. The number of hydrogen-bond donors (Lipinski definition) is 2. The molecule has 1 atom stereocenters. The van der Waals surface area contributed by atoms with Crippen LogP contribution in [0.15, 0.2) is 23.1 Å². The fourth-order valence-corrected chi connectivity index (χ4v) is 3.07. The van der Waals surface area contributed by atoms with Crippen LogP contribution in [0, 0.1) is 12.7 Å². The topological polar surface area (TPSA) is 82.3 Å². The Morgan fingerprint density at radius 3 is 2.83 bits per heavy atom. The highest BCUT2D eigenvalue weighted by molar-refractivity contribution is 5.98. The molecule has 0 radical (unpaired) electrons. The molecule has 1 unspecified atom stereocenters. The second-order valence-corrected chi connectivity index (χ2v) is 6.08. The van der Waals surface area contributed by atoms with Gasteiger partial charge in [-0.25, -0.2) is 4.39 Å². The maximum absolute atomic E-state index is 13.6. The monoisotopic (exact) mass is 331 g/mol. The number of carbonyl (C=O) groups excluding carboxylic acids is 2. The van der Waals surface area contributed by atoms with E-state index in [0.29, 0.717) is 24.2 Å². The van der Waals surface area contributed by atoms with E-state index in [-0.39, 0.29) is 29.3 Å². The summed E-state index contributed by atoms with van der Waals surface area (Å²) in [5, 5.41) is 2.85. The molecule has 0 bridgehead atoms. The zero-order valence-corrected chi connectivity index (χ0v) is 13.5. The normalized spacial score (nSPS) is 18.4. The number of aromatic nitrogens is 1. The van der Waals surface area contributed by atoms with E-state index in [2.05, 4.69) is 10.3 Å². The van der Waals surface area contributed by atoms with Crippen LogP contribution in [0.25, 0.3) is 10.9 Å². The molecule has 1 aliphatic heterocycles. The van der Waals surface area contributed by atoms with E-state index in [1.165, 1.54) is 17.2 Å². The van der Waals surface area contributed by atoms with Crippen LogP contribution in [0.3, 0.4) is 0 Å². The third-order valence-electron chi connectivity index (χ3n) is 4.33. The number of halogens is 1. The van der Waals surface area contributed by atoms with Gasteiger partial charge >= 0.3 is 0 Å². The van der Waals surface area contributed by atoms with Gasteiger partial charge in [-0.3, -0.25) is 14.4 Å². The summed E-state index contributed by atoms with van der Waals surface area (Å²) in [5.41, 5.74) is 0.554. The van der Waals surface area contributed by atoms with Gasteiger partial charge in [0.05, 0.1) is 5.52 Å². The lowest BCUT2D eigenvalue weighted by Crippen LogP contribution is -2.41. The smallest absolute Gasteiger partial charge is 0.259 e. The Morgan fingerprint density at radius 2 is 2.08 bits per heavy atom. The molecule has 6 nitrogen and oxygen atoms in total. The Kier molecular flexibility index (Phi) is 4.09. The number of aryl methyl sites for hydroxylation is 1. The van der Waals surface area contributed by atoms with Gasteiger partial charge in [-0.05, 0) is 31.5 Å². The molecule has 2 amide bonds. The fraction of sp³-hybridized carbons (Fsp3) is 0.353. The molecule has 1 fully saturated rings. The molecule has 2 heterocycles. The minimum absolute atomic E-state index is 0.0475. The van der Waals surface area contributed by atoms with Crippen LogP contribution in [-0.4, -0.2) is 40.8 Å². The highest BCUT2D eigenvalue weighted by Crippen LogP contribution is 2.17. The number of rotatable bonds is 1. The molecule has 24 heavy (non-hydrogen) atoms. The molecule has 1 saturated heterocycles. The summed E-state index contributed by atoms with van der Waals surface area (Å²) in [6.45, 7) is 4.12. The summed E-state index contributed by atoms with van der Waals surface area (Å²) in [7, 11) is 0. The lowest BCUT2D eigenvalue weighted by Gasteiger charge is -2.26. The van der Waals surface area contributed by atoms with Crippen molar-refractivity contribution >= 4 is 22.7 Å². The van der Waals surface area contributed by atoms with Crippen LogP contribution < -0.4 is 10.7 Å². The zero-order valence-electron chi connectivity index (χ0n) is 13.5. The van der Waals surface area contributed by atoms with E-state index in [0.717, 1.165) is 6.07 Å². The Hall–Kier alpha value is -2.70. The standard InChI is InChI=1S/C17H18FN3O3/c1-9-5-11(18)7-12-15(9)20-8-13(16(12)23)17(24)21-4-3-19-14(22)6-10(21)2/h5,7-8,10H,3-4,6H2,1-2H3,(H,19,22)(H,20,23). The van der Waals surface area contributed by atoms with Gasteiger partial charge in [-0.1, -0.05) is 0 Å². The highest BCUT2D eigenvalue weighted by atomic mass is 19.1. The maximum atomic E-state index is 13.6. The minimum Gasteiger partial charge on any atom is -0.360 e. The van der Waals surface area contributed by atoms with Crippen molar-refractivity contribution in [3.05, 3.63) is 45.5 Å². The van der Waals surface area contributed by atoms with E-state index in [1.54, 1.807) is 13.8 Å². The minimum atomic E-state index is -0.520. The predicted molar refractivity (Wildman–Crippen MR) is 87.4 cm³/mol. The van der Waals surface area contributed by atoms with E-state index in [1.807, 2.05) is 0 Å². The van der Waals surface area contributed by atoms with Gasteiger partial charge in [0.15, 0.2) is 0 Å². The molecule has 7 heteroatoms. The maximum Gasteiger partial charge on any atom is 0.259 e. The van der Waals surface area contributed by atoms with Gasteiger partial charge in [0.25, 0.3) is 5.91 Å². The Bertz CT molecular complexity index is 891. The third kappa shape index (κ3) is 2.77. The SMILES string of the molecule is Cc1cc(F)cc2c(=O)c(C(=O)N3CCNC(=O)CC3C)c[nH]c12. The lowest BCUT2D eigenvalue weighted by atomic mass is 10.1. The van der Waals surface area contributed by atoms with Gasteiger partial charge in [-0.2, -0.15) is 0 Å². The average Bonchev–Trinajstić information content (AvgIpc) is 2.68. The van der Waals surface area contributed by atoms with Gasteiger partial charge in [0, 0.05) is 37.1 Å². The number of H-pyrrole nitrogens is 1. The molecule has 1 aliphatic rings.